The van der Waals surface area contributed by atoms with E-state index in [4.69, 9.17) is 10.5 Å². The first kappa shape index (κ1) is 12.1. The molecule has 3 N–H and O–H groups in total. The Balaban J connectivity index is 0.00000144. The number of ether oxygens (including phenoxy) is 1. The van der Waals surface area contributed by atoms with E-state index in [1.807, 2.05) is 6.07 Å². The highest BCUT2D eigenvalue weighted by molar-refractivity contribution is 5.85. The molecular formula is C9H14ClNO2. The van der Waals surface area contributed by atoms with Gasteiger partial charge in [0.1, 0.15) is 0 Å². The molecule has 74 valence electrons. The van der Waals surface area contributed by atoms with Gasteiger partial charge in [-0.25, -0.2) is 0 Å². The first-order valence-corrected chi connectivity index (χ1v) is 3.84. The van der Waals surface area contributed by atoms with Gasteiger partial charge in [-0.1, -0.05) is 6.07 Å². The number of phenolic OH excluding ortho intramolecular Hbond substituents is 1. The van der Waals surface area contributed by atoms with Crippen molar-refractivity contribution in [3.63, 3.8) is 0 Å². The third-order valence-corrected chi connectivity index (χ3v) is 1.68. The zero-order chi connectivity index (χ0) is 8.97. The molecule has 0 radical (unpaired) electrons. The minimum absolute atomic E-state index is 0. The molecule has 0 aromatic heterocycles. The van der Waals surface area contributed by atoms with Crippen molar-refractivity contribution in [1.29, 1.82) is 0 Å². The van der Waals surface area contributed by atoms with Gasteiger partial charge in [-0.2, -0.15) is 0 Å². The van der Waals surface area contributed by atoms with Crippen molar-refractivity contribution in [2.24, 2.45) is 5.73 Å². The highest BCUT2D eigenvalue weighted by atomic mass is 35.5. The van der Waals surface area contributed by atoms with E-state index in [0.29, 0.717) is 12.3 Å². The van der Waals surface area contributed by atoms with Crippen molar-refractivity contribution in [3.05, 3.63) is 23.8 Å². The number of nitrogens with two attached hydrogens (primary N) is 1. The molecule has 0 saturated carbocycles. The quantitative estimate of drug-likeness (QED) is 0.779. The van der Waals surface area contributed by atoms with Crippen LogP contribution in [-0.2, 0) is 6.42 Å². The molecule has 0 aliphatic carbocycles. The average molecular weight is 204 g/mol. The fourth-order valence-electron chi connectivity index (χ4n) is 1.06. The lowest BCUT2D eigenvalue weighted by Crippen LogP contribution is -2.02. The van der Waals surface area contributed by atoms with Crippen LogP contribution in [0.2, 0.25) is 0 Å². The summed E-state index contributed by atoms with van der Waals surface area (Å²) in [6, 6.07) is 5.30. The minimum atomic E-state index is 0. The Morgan fingerprint density at radius 3 is 2.62 bits per heavy atom. The Bertz CT molecular complexity index is 266. The van der Waals surface area contributed by atoms with E-state index in [2.05, 4.69) is 0 Å². The normalized spacial score (nSPS) is 9.08. The highest BCUT2D eigenvalue weighted by Gasteiger charge is 2.00. The van der Waals surface area contributed by atoms with Crippen molar-refractivity contribution in [1.82, 2.24) is 0 Å². The van der Waals surface area contributed by atoms with E-state index in [9.17, 15) is 5.11 Å². The maximum atomic E-state index is 9.35. The standard InChI is InChI=1S/C9H13NO2.ClH/c1-12-9-3-2-7(4-5-10)6-8(9)11;/h2-3,6,11H,4-5,10H2,1H3;1H. The first-order valence-electron chi connectivity index (χ1n) is 3.84. The van der Waals surface area contributed by atoms with Crippen molar-refractivity contribution >= 4 is 12.4 Å². The number of rotatable bonds is 3. The minimum Gasteiger partial charge on any atom is -0.504 e. The van der Waals surface area contributed by atoms with Crippen LogP contribution >= 0.6 is 12.4 Å². The zero-order valence-electron chi connectivity index (χ0n) is 7.49. The summed E-state index contributed by atoms with van der Waals surface area (Å²) in [4.78, 5) is 0. The van der Waals surface area contributed by atoms with Crippen LogP contribution in [0.4, 0.5) is 0 Å². The molecule has 0 heterocycles. The molecular weight excluding hydrogens is 190 g/mol. The lowest BCUT2D eigenvalue weighted by atomic mass is 10.1. The number of hydrogen-bond donors (Lipinski definition) is 2. The highest BCUT2D eigenvalue weighted by Crippen LogP contribution is 2.26. The summed E-state index contributed by atoms with van der Waals surface area (Å²) in [5, 5.41) is 9.35. The molecule has 0 amide bonds. The molecule has 0 atom stereocenters. The predicted octanol–water partition coefficient (Wildman–Crippen LogP) is 1.32. The molecule has 0 aliphatic rings. The lowest BCUT2D eigenvalue weighted by molar-refractivity contribution is 0.373. The maximum absolute atomic E-state index is 9.35. The van der Waals surface area contributed by atoms with Crippen LogP contribution in [0.5, 0.6) is 11.5 Å². The molecule has 13 heavy (non-hydrogen) atoms. The number of aromatic hydroxyl groups is 1. The van der Waals surface area contributed by atoms with Gasteiger partial charge in [-0.05, 0) is 30.7 Å². The van der Waals surface area contributed by atoms with Crippen molar-refractivity contribution in [3.8, 4) is 11.5 Å². The zero-order valence-corrected chi connectivity index (χ0v) is 8.30. The summed E-state index contributed by atoms with van der Waals surface area (Å²) in [6.07, 6.45) is 0.775. The fourth-order valence-corrected chi connectivity index (χ4v) is 1.06. The third-order valence-electron chi connectivity index (χ3n) is 1.68. The molecule has 0 spiro atoms. The molecule has 1 aromatic rings. The van der Waals surface area contributed by atoms with E-state index in [-0.39, 0.29) is 18.2 Å². The Hall–Kier alpha value is -0.930. The number of hydrogen-bond acceptors (Lipinski definition) is 3. The Morgan fingerprint density at radius 2 is 2.15 bits per heavy atom. The predicted molar refractivity (Wildman–Crippen MR) is 54.7 cm³/mol. The lowest BCUT2D eigenvalue weighted by Gasteiger charge is -2.04. The van der Waals surface area contributed by atoms with Crippen LogP contribution in [0.15, 0.2) is 18.2 Å². The van der Waals surface area contributed by atoms with Crippen LogP contribution in [0.1, 0.15) is 5.56 Å². The third kappa shape index (κ3) is 3.13. The molecule has 0 saturated heterocycles. The second kappa shape index (κ2) is 5.67. The largest absolute Gasteiger partial charge is 0.504 e. The maximum Gasteiger partial charge on any atom is 0.160 e. The second-order valence-corrected chi connectivity index (χ2v) is 2.54. The van der Waals surface area contributed by atoms with E-state index in [1.165, 1.54) is 7.11 Å². The summed E-state index contributed by atoms with van der Waals surface area (Å²) >= 11 is 0. The van der Waals surface area contributed by atoms with Crippen LogP contribution in [0, 0.1) is 0 Å². The van der Waals surface area contributed by atoms with Crippen LogP contribution in [0.3, 0.4) is 0 Å². The van der Waals surface area contributed by atoms with Gasteiger partial charge in [0.05, 0.1) is 7.11 Å². The number of benzene rings is 1. The summed E-state index contributed by atoms with van der Waals surface area (Å²) < 4.78 is 4.90. The summed E-state index contributed by atoms with van der Waals surface area (Å²) in [6.45, 7) is 0.589. The van der Waals surface area contributed by atoms with Crippen LogP contribution in [0.25, 0.3) is 0 Å². The second-order valence-electron chi connectivity index (χ2n) is 2.54. The number of phenols is 1. The average Bonchev–Trinajstić information content (AvgIpc) is 2.05. The molecule has 4 heteroatoms. The number of halogens is 1. The van der Waals surface area contributed by atoms with Gasteiger partial charge < -0.3 is 15.6 Å². The van der Waals surface area contributed by atoms with Gasteiger partial charge in [0, 0.05) is 0 Å². The molecule has 0 aliphatic heterocycles. The van der Waals surface area contributed by atoms with Gasteiger partial charge in [0.2, 0.25) is 0 Å². The van der Waals surface area contributed by atoms with Gasteiger partial charge in [0.15, 0.2) is 11.5 Å². The van der Waals surface area contributed by atoms with E-state index in [0.717, 1.165) is 12.0 Å². The smallest absolute Gasteiger partial charge is 0.160 e. The van der Waals surface area contributed by atoms with Gasteiger partial charge in [0.25, 0.3) is 0 Å². The molecule has 1 aromatic carbocycles. The van der Waals surface area contributed by atoms with Crippen molar-refractivity contribution in [2.75, 3.05) is 13.7 Å². The number of methoxy groups -OCH3 is 1. The SMILES string of the molecule is COc1ccc(CCN)cc1O.Cl. The summed E-state index contributed by atoms with van der Waals surface area (Å²) in [5.74, 6) is 0.666. The molecule has 3 nitrogen and oxygen atoms in total. The van der Waals surface area contributed by atoms with Crippen molar-refractivity contribution in [2.45, 2.75) is 6.42 Å². The Morgan fingerprint density at radius 1 is 1.46 bits per heavy atom. The Labute approximate surface area is 83.9 Å². The topological polar surface area (TPSA) is 55.5 Å². The van der Waals surface area contributed by atoms with E-state index < -0.39 is 0 Å². The summed E-state index contributed by atoms with van der Waals surface area (Å²) in [5.41, 5.74) is 6.39. The molecule has 1 rings (SSSR count). The first-order chi connectivity index (χ1) is 5.77. The van der Waals surface area contributed by atoms with Crippen LogP contribution in [-0.4, -0.2) is 18.8 Å². The van der Waals surface area contributed by atoms with Crippen molar-refractivity contribution < 1.29 is 9.84 Å². The Kier molecular flexibility index (Phi) is 5.26. The molecule has 0 fully saturated rings. The van der Waals surface area contributed by atoms with Crippen LogP contribution < -0.4 is 10.5 Å². The monoisotopic (exact) mass is 203 g/mol. The van der Waals surface area contributed by atoms with Gasteiger partial charge in [-0.15, -0.1) is 12.4 Å². The van der Waals surface area contributed by atoms with Gasteiger partial charge >= 0.3 is 0 Å². The van der Waals surface area contributed by atoms with Gasteiger partial charge in [-0.3, -0.25) is 0 Å². The fraction of sp³-hybridized carbons (Fsp3) is 0.333. The van der Waals surface area contributed by atoms with E-state index in [1.54, 1.807) is 12.1 Å². The molecule has 0 unspecified atom stereocenters. The summed E-state index contributed by atoms with van der Waals surface area (Å²) in [7, 11) is 1.53. The van der Waals surface area contributed by atoms with E-state index >= 15 is 0 Å². The molecule has 0 bridgehead atoms.